The number of thiol groups is 1. The Morgan fingerprint density at radius 3 is 2.38 bits per heavy atom. The minimum Gasteiger partial charge on any atom is -0.370 e. The molecule has 0 saturated carbocycles. The van der Waals surface area contributed by atoms with E-state index in [2.05, 4.69) is 24.0 Å². The van der Waals surface area contributed by atoms with Crippen molar-refractivity contribution >= 4 is 30.4 Å². The fraction of sp³-hybridized carbons (Fsp3) is 0.524. The molecule has 0 aromatic heterocycles. The van der Waals surface area contributed by atoms with Crippen LogP contribution in [0.4, 0.5) is 0 Å². The molecule has 3 unspecified atom stereocenters. The molecule has 3 atom stereocenters. The van der Waals surface area contributed by atoms with E-state index >= 15 is 0 Å². The maximum absolute atomic E-state index is 12.8. The Bertz CT molecular complexity index is 810. The van der Waals surface area contributed by atoms with Crippen LogP contribution in [-0.4, -0.2) is 40.5 Å². The SMILES string of the molecule is CC1(C#N)CC2(CNC2=O)N(C(=O)CCS)C1c1ccccc1.CCCC(N)=O. The number of β-lactam (4-membered cyclic amide) rings is 1. The second-order valence-electron chi connectivity index (χ2n) is 7.69. The molecule has 2 aliphatic rings. The lowest BCUT2D eigenvalue weighted by Gasteiger charge is -2.46. The average molecular weight is 417 g/mol. The highest BCUT2D eigenvalue weighted by Crippen LogP contribution is 2.56. The molecule has 2 fully saturated rings. The lowest BCUT2D eigenvalue weighted by Crippen LogP contribution is -2.71. The van der Waals surface area contributed by atoms with Gasteiger partial charge in [-0.05, 0) is 24.7 Å². The van der Waals surface area contributed by atoms with Gasteiger partial charge < -0.3 is 16.0 Å². The van der Waals surface area contributed by atoms with Crippen molar-refractivity contribution in [2.45, 2.75) is 51.1 Å². The van der Waals surface area contributed by atoms with Gasteiger partial charge in [-0.3, -0.25) is 14.4 Å². The molecule has 7 nitrogen and oxygen atoms in total. The van der Waals surface area contributed by atoms with Gasteiger partial charge in [0, 0.05) is 19.3 Å². The van der Waals surface area contributed by atoms with Crippen LogP contribution in [0.25, 0.3) is 0 Å². The predicted octanol–water partition coefficient (Wildman–Crippen LogP) is 1.95. The maximum Gasteiger partial charge on any atom is 0.248 e. The number of carbonyl (C=O) groups is 3. The third-order valence-corrected chi connectivity index (χ3v) is 5.63. The summed E-state index contributed by atoms with van der Waals surface area (Å²) < 4.78 is 0. The van der Waals surface area contributed by atoms with Crippen LogP contribution in [0, 0.1) is 16.7 Å². The molecule has 29 heavy (non-hydrogen) atoms. The van der Waals surface area contributed by atoms with Crippen molar-refractivity contribution in [1.82, 2.24) is 10.2 Å². The number of hydrogen-bond donors (Lipinski definition) is 3. The number of benzene rings is 1. The van der Waals surface area contributed by atoms with E-state index < -0.39 is 17.0 Å². The normalized spacial score (nSPS) is 27.3. The zero-order valence-corrected chi connectivity index (χ0v) is 17.7. The quantitative estimate of drug-likeness (QED) is 0.502. The topological polar surface area (TPSA) is 116 Å². The lowest BCUT2D eigenvalue weighted by molar-refractivity contribution is -0.154. The molecule has 0 aliphatic carbocycles. The highest BCUT2D eigenvalue weighted by Gasteiger charge is 2.66. The zero-order chi connectivity index (χ0) is 21.7. The Morgan fingerprint density at radius 1 is 1.34 bits per heavy atom. The first-order valence-electron chi connectivity index (χ1n) is 9.71. The molecule has 2 heterocycles. The van der Waals surface area contributed by atoms with E-state index in [1.807, 2.05) is 44.2 Å². The molecule has 1 aromatic carbocycles. The molecule has 0 bridgehead atoms. The molecular weight excluding hydrogens is 388 g/mol. The molecule has 156 valence electrons. The molecular formula is C21H28N4O3S. The molecule has 3 amide bonds. The van der Waals surface area contributed by atoms with Gasteiger partial charge in [0.25, 0.3) is 0 Å². The summed E-state index contributed by atoms with van der Waals surface area (Å²) in [6.45, 7) is 4.17. The Balaban J connectivity index is 0.000000438. The number of nitrogens with two attached hydrogens (primary N) is 1. The van der Waals surface area contributed by atoms with Gasteiger partial charge in [-0.25, -0.2) is 0 Å². The summed E-state index contributed by atoms with van der Waals surface area (Å²) in [6.07, 6.45) is 1.98. The van der Waals surface area contributed by atoms with E-state index in [0.29, 0.717) is 25.1 Å². The van der Waals surface area contributed by atoms with Gasteiger partial charge in [-0.15, -0.1) is 0 Å². The molecule has 8 heteroatoms. The third-order valence-electron chi connectivity index (χ3n) is 5.41. The first-order valence-corrected chi connectivity index (χ1v) is 10.3. The van der Waals surface area contributed by atoms with E-state index in [1.165, 1.54) is 0 Å². The van der Waals surface area contributed by atoms with E-state index in [-0.39, 0.29) is 24.1 Å². The van der Waals surface area contributed by atoms with Gasteiger partial charge in [0.15, 0.2) is 0 Å². The number of carbonyl (C=O) groups excluding carboxylic acids is 3. The number of amides is 3. The smallest absolute Gasteiger partial charge is 0.248 e. The minimum absolute atomic E-state index is 0.123. The minimum atomic E-state index is -0.898. The van der Waals surface area contributed by atoms with E-state index in [9.17, 15) is 19.6 Å². The van der Waals surface area contributed by atoms with Crippen LogP contribution in [-0.2, 0) is 14.4 Å². The molecule has 1 aromatic rings. The van der Waals surface area contributed by atoms with Crippen molar-refractivity contribution in [2.24, 2.45) is 11.1 Å². The number of nitrogens with one attached hydrogen (secondary N) is 1. The maximum atomic E-state index is 12.8. The zero-order valence-electron chi connectivity index (χ0n) is 16.9. The van der Waals surface area contributed by atoms with E-state index in [4.69, 9.17) is 5.73 Å². The highest BCUT2D eigenvalue weighted by atomic mass is 32.1. The Morgan fingerprint density at radius 2 is 2.00 bits per heavy atom. The number of nitriles is 1. The summed E-state index contributed by atoms with van der Waals surface area (Å²) >= 11 is 4.15. The van der Waals surface area contributed by atoms with Crippen LogP contribution in [0.2, 0.25) is 0 Å². The Hall–Kier alpha value is -2.53. The summed E-state index contributed by atoms with van der Waals surface area (Å²) in [5, 5.41) is 12.5. The van der Waals surface area contributed by atoms with Crippen LogP contribution >= 0.6 is 12.6 Å². The molecule has 3 N–H and O–H groups in total. The van der Waals surface area contributed by atoms with Crippen molar-refractivity contribution in [1.29, 1.82) is 5.26 Å². The molecule has 1 spiro atoms. The van der Waals surface area contributed by atoms with Crippen LogP contribution in [0.3, 0.4) is 0 Å². The van der Waals surface area contributed by atoms with E-state index in [1.54, 1.807) is 4.90 Å². The van der Waals surface area contributed by atoms with Crippen molar-refractivity contribution in [3.63, 3.8) is 0 Å². The van der Waals surface area contributed by atoms with E-state index in [0.717, 1.165) is 12.0 Å². The van der Waals surface area contributed by atoms with Crippen molar-refractivity contribution < 1.29 is 14.4 Å². The predicted molar refractivity (Wildman–Crippen MR) is 113 cm³/mol. The lowest BCUT2D eigenvalue weighted by atomic mass is 9.75. The van der Waals surface area contributed by atoms with Crippen molar-refractivity contribution in [2.75, 3.05) is 12.3 Å². The molecule has 0 radical (unpaired) electrons. The highest BCUT2D eigenvalue weighted by molar-refractivity contribution is 7.80. The standard InChI is InChI=1S/C17H19N3O2S.C4H9NO/c1-16(10-18)9-17(11-19-15(17)22)20(13(21)7-8-23)14(16)12-5-3-2-4-6-12;1-2-3-4(5)6/h2-6,14,23H,7-9,11H2,1H3,(H,19,22);2-3H2,1H3,(H2,5,6). The van der Waals surface area contributed by atoms with Crippen LogP contribution in [0.1, 0.15) is 51.1 Å². The largest absolute Gasteiger partial charge is 0.370 e. The number of likely N-dealkylation sites (tertiary alicyclic amines) is 1. The summed E-state index contributed by atoms with van der Waals surface area (Å²) in [5.74, 6) is -0.0808. The number of nitrogens with zero attached hydrogens (tertiary/aromatic N) is 2. The summed E-state index contributed by atoms with van der Waals surface area (Å²) in [5.41, 5.74) is 3.96. The fourth-order valence-corrected chi connectivity index (χ4v) is 4.31. The second-order valence-corrected chi connectivity index (χ2v) is 8.13. The van der Waals surface area contributed by atoms with Gasteiger partial charge in [0.2, 0.25) is 17.7 Å². The summed E-state index contributed by atoms with van der Waals surface area (Å²) in [4.78, 5) is 36.6. The summed E-state index contributed by atoms with van der Waals surface area (Å²) in [6, 6.07) is 11.4. The third kappa shape index (κ3) is 4.40. The van der Waals surface area contributed by atoms with Crippen molar-refractivity contribution in [3.8, 4) is 6.07 Å². The monoisotopic (exact) mass is 416 g/mol. The number of rotatable bonds is 5. The van der Waals surface area contributed by atoms with Gasteiger partial charge in [-0.2, -0.15) is 17.9 Å². The molecule has 3 rings (SSSR count). The van der Waals surface area contributed by atoms with Gasteiger partial charge in [-0.1, -0.05) is 37.3 Å². The van der Waals surface area contributed by atoms with Crippen LogP contribution in [0.5, 0.6) is 0 Å². The summed E-state index contributed by atoms with van der Waals surface area (Å²) in [7, 11) is 0. The van der Waals surface area contributed by atoms with Crippen LogP contribution < -0.4 is 11.1 Å². The van der Waals surface area contributed by atoms with Crippen molar-refractivity contribution in [3.05, 3.63) is 35.9 Å². The van der Waals surface area contributed by atoms with Crippen LogP contribution in [0.15, 0.2) is 30.3 Å². The average Bonchev–Trinajstić information content (AvgIpc) is 3.00. The molecule has 2 saturated heterocycles. The first kappa shape index (κ1) is 22.8. The van der Waals surface area contributed by atoms with Gasteiger partial charge >= 0.3 is 0 Å². The fourth-order valence-electron chi connectivity index (χ4n) is 4.12. The van der Waals surface area contributed by atoms with Gasteiger partial charge in [0.1, 0.15) is 5.54 Å². The first-order chi connectivity index (χ1) is 13.8. The second kappa shape index (κ2) is 9.31. The number of hydrogen-bond acceptors (Lipinski definition) is 5. The number of primary amides is 1. The Labute approximate surface area is 177 Å². The van der Waals surface area contributed by atoms with Gasteiger partial charge in [0.05, 0.1) is 24.1 Å². The Kier molecular flexibility index (Phi) is 7.31. The molecule has 2 aliphatic heterocycles.